The Labute approximate surface area is 129 Å². The van der Waals surface area contributed by atoms with Crippen LogP contribution in [-0.4, -0.2) is 39.2 Å². The van der Waals surface area contributed by atoms with Crippen molar-refractivity contribution in [2.75, 3.05) is 38.3 Å². The van der Waals surface area contributed by atoms with Gasteiger partial charge in [-0.3, -0.25) is 5.73 Å². The van der Waals surface area contributed by atoms with E-state index in [4.69, 9.17) is 20.9 Å². The number of hydrogen-bond acceptors (Lipinski definition) is 7. The van der Waals surface area contributed by atoms with Crippen molar-refractivity contribution in [2.45, 2.75) is 5.79 Å². The van der Waals surface area contributed by atoms with Gasteiger partial charge < -0.3 is 25.4 Å². The molecule has 1 unspecified atom stereocenters. The fraction of sp³-hybridized carbons (Fsp3) is 0.400. The standard InChI is InChI=1S/C15H21N5O2/c1-21-13-10-11(20-6-8-22-9-7-20)2-3-12(13)15(17)18-5-4-14(16)19-15/h2-5,10,18H,6-9,17H2,1H3,(H2,16,19). The molecule has 0 bridgehead atoms. The summed E-state index contributed by atoms with van der Waals surface area (Å²) in [7, 11) is 1.62. The summed E-state index contributed by atoms with van der Waals surface area (Å²) in [6.07, 6.45) is 3.36. The summed E-state index contributed by atoms with van der Waals surface area (Å²) in [5, 5.41) is 3.03. The van der Waals surface area contributed by atoms with Crippen LogP contribution in [0.2, 0.25) is 0 Å². The lowest BCUT2D eigenvalue weighted by molar-refractivity contribution is 0.122. The van der Waals surface area contributed by atoms with Crippen molar-refractivity contribution < 1.29 is 9.47 Å². The third-order valence-electron chi connectivity index (χ3n) is 3.83. The van der Waals surface area contributed by atoms with Gasteiger partial charge in [0.05, 0.1) is 25.9 Å². The second kappa shape index (κ2) is 5.86. The number of methoxy groups -OCH3 is 1. The lowest BCUT2D eigenvalue weighted by Crippen LogP contribution is -2.49. The van der Waals surface area contributed by atoms with Crippen LogP contribution in [-0.2, 0) is 10.5 Å². The van der Waals surface area contributed by atoms with Crippen molar-refractivity contribution in [3.63, 3.8) is 0 Å². The second-order valence-electron chi connectivity index (χ2n) is 5.26. The Kier molecular flexibility index (Phi) is 3.91. The predicted molar refractivity (Wildman–Crippen MR) is 85.8 cm³/mol. The number of nitrogens with one attached hydrogen (secondary N) is 1. The molecule has 0 saturated carbocycles. The Morgan fingerprint density at radius 2 is 2.14 bits per heavy atom. The van der Waals surface area contributed by atoms with Gasteiger partial charge in [0.15, 0.2) is 0 Å². The van der Waals surface area contributed by atoms with Crippen molar-refractivity contribution in [1.29, 1.82) is 0 Å². The van der Waals surface area contributed by atoms with Gasteiger partial charge in [0.25, 0.3) is 0 Å². The Balaban J connectivity index is 1.94. The Hall–Kier alpha value is -2.25. The molecule has 2 heterocycles. The van der Waals surface area contributed by atoms with E-state index in [-0.39, 0.29) is 0 Å². The van der Waals surface area contributed by atoms with Gasteiger partial charge in [-0.15, -0.1) is 0 Å². The molecule has 3 rings (SSSR count). The molecule has 1 saturated heterocycles. The monoisotopic (exact) mass is 303 g/mol. The van der Waals surface area contributed by atoms with E-state index in [0.717, 1.165) is 37.6 Å². The fourth-order valence-electron chi connectivity index (χ4n) is 2.68. The molecule has 0 aliphatic carbocycles. The zero-order chi connectivity index (χ0) is 15.6. The van der Waals surface area contributed by atoms with Crippen LogP contribution >= 0.6 is 0 Å². The summed E-state index contributed by atoms with van der Waals surface area (Å²) in [5.41, 5.74) is 13.9. The van der Waals surface area contributed by atoms with Crippen LogP contribution in [0.3, 0.4) is 0 Å². The number of ether oxygens (including phenoxy) is 2. The molecule has 22 heavy (non-hydrogen) atoms. The molecule has 0 spiro atoms. The molecule has 0 radical (unpaired) electrons. The first-order valence-corrected chi connectivity index (χ1v) is 7.22. The van der Waals surface area contributed by atoms with Gasteiger partial charge in [-0.05, 0) is 18.2 Å². The number of anilines is 1. The molecule has 1 fully saturated rings. The van der Waals surface area contributed by atoms with Crippen molar-refractivity contribution in [2.24, 2.45) is 16.5 Å². The van der Waals surface area contributed by atoms with Crippen LogP contribution in [0, 0.1) is 0 Å². The molecule has 2 aliphatic rings. The van der Waals surface area contributed by atoms with E-state index in [9.17, 15) is 0 Å². The number of hydrogen-bond donors (Lipinski definition) is 3. The first-order valence-electron chi connectivity index (χ1n) is 7.22. The normalized spacial score (nSPS) is 24.6. The summed E-state index contributed by atoms with van der Waals surface area (Å²) < 4.78 is 10.9. The number of nitrogens with zero attached hydrogens (tertiary/aromatic N) is 2. The number of morpholine rings is 1. The Bertz CT molecular complexity index is 610. The van der Waals surface area contributed by atoms with Crippen LogP contribution in [0.5, 0.6) is 5.75 Å². The highest BCUT2D eigenvalue weighted by Gasteiger charge is 2.31. The van der Waals surface area contributed by atoms with E-state index in [1.165, 1.54) is 0 Å². The van der Waals surface area contributed by atoms with Gasteiger partial charge in [0.2, 0.25) is 5.79 Å². The molecule has 0 amide bonds. The van der Waals surface area contributed by atoms with Gasteiger partial charge >= 0.3 is 0 Å². The Morgan fingerprint density at radius 3 is 2.82 bits per heavy atom. The quantitative estimate of drug-likeness (QED) is 0.731. The summed E-state index contributed by atoms with van der Waals surface area (Å²) in [5.74, 6) is -0.0698. The largest absolute Gasteiger partial charge is 0.496 e. The summed E-state index contributed by atoms with van der Waals surface area (Å²) in [4.78, 5) is 6.55. The van der Waals surface area contributed by atoms with Crippen molar-refractivity contribution in [3.8, 4) is 5.75 Å². The zero-order valence-electron chi connectivity index (χ0n) is 12.6. The van der Waals surface area contributed by atoms with Crippen LogP contribution in [0.25, 0.3) is 0 Å². The average molecular weight is 303 g/mol. The van der Waals surface area contributed by atoms with Gasteiger partial charge in [-0.1, -0.05) is 0 Å². The lowest BCUT2D eigenvalue weighted by atomic mass is 10.0. The van der Waals surface area contributed by atoms with Crippen LogP contribution < -0.4 is 26.4 Å². The van der Waals surface area contributed by atoms with E-state index in [2.05, 4.69) is 15.2 Å². The molecule has 118 valence electrons. The van der Waals surface area contributed by atoms with Crippen LogP contribution in [0.1, 0.15) is 5.56 Å². The first-order chi connectivity index (χ1) is 10.6. The van der Waals surface area contributed by atoms with Gasteiger partial charge in [-0.25, -0.2) is 4.99 Å². The van der Waals surface area contributed by atoms with Crippen molar-refractivity contribution in [3.05, 3.63) is 36.0 Å². The maximum Gasteiger partial charge on any atom is 0.214 e. The lowest BCUT2D eigenvalue weighted by Gasteiger charge is -2.32. The number of amidine groups is 1. The molecular formula is C15H21N5O2. The SMILES string of the molecule is COc1cc(N2CCOCC2)ccc1C1(N)N=C(N)C=CN1. The van der Waals surface area contributed by atoms with Crippen molar-refractivity contribution in [1.82, 2.24) is 5.32 Å². The third-order valence-corrected chi connectivity index (χ3v) is 3.83. The molecule has 5 N–H and O–H groups in total. The molecule has 2 aliphatic heterocycles. The number of rotatable bonds is 3. The molecule has 1 aromatic rings. The molecule has 7 nitrogen and oxygen atoms in total. The zero-order valence-corrected chi connectivity index (χ0v) is 12.6. The highest BCUT2D eigenvalue weighted by atomic mass is 16.5. The number of benzene rings is 1. The van der Waals surface area contributed by atoms with E-state index in [0.29, 0.717) is 11.6 Å². The van der Waals surface area contributed by atoms with Gasteiger partial charge in [0, 0.05) is 31.0 Å². The highest BCUT2D eigenvalue weighted by molar-refractivity contribution is 5.92. The van der Waals surface area contributed by atoms with Gasteiger partial charge in [0.1, 0.15) is 11.6 Å². The third kappa shape index (κ3) is 2.72. The van der Waals surface area contributed by atoms with E-state index < -0.39 is 5.79 Å². The Morgan fingerprint density at radius 1 is 1.36 bits per heavy atom. The first kappa shape index (κ1) is 14.7. The van der Waals surface area contributed by atoms with E-state index in [1.54, 1.807) is 19.4 Å². The minimum Gasteiger partial charge on any atom is -0.496 e. The molecule has 1 aromatic carbocycles. The number of nitrogens with two attached hydrogens (primary N) is 2. The highest BCUT2D eigenvalue weighted by Crippen LogP contribution is 2.32. The predicted octanol–water partition coefficient (Wildman–Crippen LogP) is 0.0749. The van der Waals surface area contributed by atoms with E-state index in [1.807, 2.05) is 18.2 Å². The minimum absolute atomic E-state index is 0.376. The minimum atomic E-state index is -1.12. The molecule has 1 atom stereocenters. The summed E-state index contributed by atoms with van der Waals surface area (Å²) in [6, 6.07) is 5.91. The maximum atomic E-state index is 6.33. The smallest absolute Gasteiger partial charge is 0.214 e. The van der Waals surface area contributed by atoms with Crippen molar-refractivity contribution >= 4 is 11.5 Å². The molecule has 0 aromatic heterocycles. The maximum absolute atomic E-state index is 6.33. The average Bonchev–Trinajstić information content (AvgIpc) is 2.55. The topological polar surface area (TPSA) is 98.1 Å². The fourth-order valence-corrected chi connectivity index (χ4v) is 2.68. The summed E-state index contributed by atoms with van der Waals surface area (Å²) in [6.45, 7) is 3.20. The molecular weight excluding hydrogens is 282 g/mol. The van der Waals surface area contributed by atoms with Gasteiger partial charge in [-0.2, -0.15) is 0 Å². The second-order valence-corrected chi connectivity index (χ2v) is 5.26. The van der Waals surface area contributed by atoms with Crippen LogP contribution in [0.4, 0.5) is 5.69 Å². The molecule has 7 heteroatoms. The number of aliphatic imine (C=N–C) groups is 1. The van der Waals surface area contributed by atoms with Crippen LogP contribution in [0.15, 0.2) is 35.5 Å². The summed E-state index contributed by atoms with van der Waals surface area (Å²) >= 11 is 0. The van der Waals surface area contributed by atoms with E-state index >= 15 is 0 Å².